The first-order valence-electron chi connectivity index (χ1n) is 8.14. The van der Waals surface area contributed by atoms with Gasteiger partial charge in [-0.2, -0.15) is 0 Å². The molecule has 1 saturated carbocycles. The van der Waals surface area contributed by atoms with Gasteiger partial charge in [-0.3, -0.25) is 4.98 Å². The molecule has 1 aliphatic carbocycles. The second kappa shape index (κ2) is 8.37. The minimum absolute atomic E-state index is 0.104. The summed E-state index contributed by atoms with van der Waals surface area (Å²) in [6.45, 7) is 0. The summed E-state index contributed by atoms with van der Waals surface area (Å²) in [5.41, 5.74) is 0.555. The molecule has 1 aromatic heterocycles. The van der Waals surface area contributed by atoms with Crippen molar-refractivity contribution in [3.05, 3.63) is 46.0 Å². The molecular formula is C18H17Cl2FN2O2S. The second-order valence-electron chi connectivity index (χ2n) is 5.94. The lowest BCUT2D eigenvalue weighted by atomic mass is 10.1. The average Bonchev–Trinajstić information content (AvgIpc) is 3.12. The van der Waals surface area contributed by atoms with Crippen molar-refractivity contribution in [2.75, 3.05) is 12.4 Å². The number of benzene rings is 1. The van der Waals surface area contributed by atoms with E-state index >= 15 is 0 Å². The minimum Gasteiger partial charge on any atom is -0.493 e. The van der Waals surface area contributed by atoms with Crippen LogP contribution in [0.25, 0.3) is 0 Å². The lowest BCUT2D eigenvalue weighted by molar-refractivity contribution is 0.200. The summed E-state index contributed by atoms with van der Waals surface area (Å²) >= 11 is 17.5. The molecular weight excluding hydrogens is 398 g/mol. The van der Waals surface area contributed by atoms with Crippen LogP contribution in [-0.4, -0.2) is 23.2 Å². The number of aromatic nitrogens is 1. The molecule has 0 radical (unpaired) electrons. The van der Waals surface area contributed by atoms with Crippen molar-refractivity contribution in [1.82, 2.24) is 4.98 Å². The van der Waals surface area contributed by atoms with Gasteiger partial charge < -0.3 is 14.8 Å². The molecule has 1 aliphatic rings. The number of ether oxygens (including phenoxy) is 2. The van der Waals surface area contributed by atoms with Gasteiger partial charge in [0.05, 0.1) is 28.9 Å². The summed E-state index contributed by atoms with van der Waals surface area (Å²) in [5, 5.41) is 3.46. The Morgan fingerprint density at radius 1 is 1.19 bits per heavy atom. The lowest BCUT2D eigenvalue weighted by Gasteiger charge is -2.18. The Morgan fingerprint density at radius 2 is 1.85 bits per heavy atom. The molecule has 138 valence electrons. The predicted molar refractivity (Wildman–Crippen MR) is 105 cm³/mol. The Balaban J connectivity index is 1.89. The highest BCUT2D eigenvalue weighted by Gasteiger charge is 2.21. The van der Waals surface area contributed by atoms with Gasteiger partial charge in [-0.25, -0.2) is 4.39 Å². The van der Waals surface area contributed by atoms with Gasteiger partial charge >= 0.3 is 0 Å². The normalized spacial score (nSPS) is 14.3. The molecule has 2 aromatic rings. The van der Waals surface area contributed by atoms with Crippen molar-refractivity contribution >= 4 is 46.1 Å². The van der Waals surface area contributed by atoms with Gasteiger partial charge in [0, 0.05) is 24.0 Å². The number of halogens is 3. The summed E-state index contributed by atoms with van der Waals surface area (Å²) in [4.78, 5) is 4.01. The SMILES string of the molecule is COc1cc(F)c(C(=S)Nc2c(Cl)cncc2Cl)cc1OC1CCCC1. The van der Waals surface area contributed by atoms with Crippen LogP contribution in [0.4, 0.5) is 10.1 Å². The molecule has 0 amide bonds. The largest absolute Gasteiger partial charge is 0.493 e. The number of hydrogen-bond donors (Lipinski definition) is 1. The molecule has 26 heavy (non-hydrogen) atoms. The number of pyridine rings is 1. The van der Waals surface area contributed by atoms with Crippen molar-refractivity contribution in [2.24, 2.45) is 0 Å². The van der Waals surface area contributed by atoms with E-state index in [1.165, 1.54) is 25.6 Å². The van der Waals surface area contributed by atoms with Gasteiger partial charge in [0.2, 0.25) is 0 Å². The number of nitrogens with zero attached hydrogens (tertiary/aromatic N) is 1. The van der Waals surface area contributed by atoms with Crippen molar-refractivity contribution in [2.45, 2.75) is 31.8 Å². The first-order chi connectivity index (χ1) is 12.5. The standard InChI is InChI=1S/C18H17Cl2FN2O2S/c1-24-15-7-14(21)11(6-16(15)25-10-4-2-3-5-10)18(26)23-17-12(19)8-22-9-13(17)20/h6-10H,2-5H2,1H3,(H,22,23,26). The molecule has 0 saturated heterocycles. The highest BCUT2D eigenvalue weighted by atomic mass is 35.5. The predicted octanol–water partition coefficient (Wildman–Crippen LogP) is 5.65. The van der Waals surface area contributed by atoms with Gasteiger partial charge in [0.1, 0.15) is 10.8 Å². The molecule has 8 heteroatoms. The van der Waals surface area contributed by atoms with Gasteiger partial charge in [-0.1, -0.05) is 35.4 Å². The molecule has 1 fully saturated rings. The second-order valence-corrected chi connectivity index (χ2v) is 7.16. The van der Waals surface area contributed by atoms with Crippen molar-refractivity contribution < 1.29 is 13.9 Å². The zero-order valence-corrected chi connectivity index (χ0v) is 16.3. The molecule has 0 bridgehead atoms. The number of hydrogen-bond acceptors (Lipinski definition) is 4. The maximum absolute atomic E-state index is 14.5. The fourth-order valence-electron chi connectivity index (χ4n) is 2.86. The quantitative estimate of drug-likeness (QED) is 0.640. The first kappa shape index (κ1) is 19.1. The summed E-state index contributed by atoms with van der Waals surface area (Å²) < 4.78 is 25.8. The Morgan fingerprint density at radius 3 is 2.46 bits per heavy atom. The van der Waals surface area contributed by atoms with Crippen LogP contribution in [0.1, 0.15) is 31.2 Å². The smallest absolute Gasteiger partial charge is 0.163 e. The number of anilines is 1. The van der Waals surface area contributed by atoms with Crippen LogP contribution in [0, 0.1) is 5.82 Å². The number of rotatable bonds is 5. The average molecular weight is 415 g/mol. The van der Waals surface area contributed by atoms with Crippen LogP contribution in [0.3, 0.4) is 0 Å². The molecule has 0 aliphatic heterocycles. The maximum atomic E-state index is 14.5. The van der Waals surface area contributed by atoms with Crippen LogP contribution >= 0.6 is 35.4 Å². The van der Waals surface area contributed by atoms with Gasteiger partial charge in [0.25, 0.3) is 0 Å². The summed E-state index contributed by atoms with van der Waals surface area (Å²) in [6.07, 6.45) is 7.16. The monoisotopic (exact) mass is 414 g/mol. The molecule has 0 atom stereocenters. The highest BCUT2D eigenvalue weighted by Crippen LogP contribution is 2.35. The van der Waals surface area contributed by atoms with E-state index in [4.69, 9.17) is 44.9 Å². The third kappa shape index (κ3) is 4.19. The van der Waals surface area contributed by atoms with Crippen molar-refractivity contribution in [1.29, 1.82) is 0 Å². The van der Waals surface area contributed by atoms with Crippen LogP contribution in [-0.2, 0) is 0 Å². The Labute approximate surface area is 166 Å². The number of methoxy groups -OCH3 is 1. The topological polar surface area (TPSA) is 43.4 Å². The Kier molecular flexibility index (Phi) is 6.16. The van der Waals surface area contributed by atoms with Gasteiger partial charge in [0.15, 0.2) is 11.5 Å². The van der Waals surface area contributed by atoms with E-state index in [9.17, 15) is 4.39 Å². The summed E-state index contributed by atoms with van der Waals surface area (Å²) in [5.74, 6) is 0.271. The fourth-order valence-corrected chi connectivity index (χ4v) is 3.58. The lowest BCUT2D eigenvalue weighted by Crippen LogP contribution is -2.16. The summed E-state index contributed by atoms with van der Waals surface area (Å²) in [7, 11) is 1.48. The zero-order valence-electron chi connectivity index (χ0n) is 14.0. The maximum Gasteiger partial charge on any atom is 0.163 e. The van der Waals surface area contributed by atoms with E-state index in [1.807, 2.05) is 0 Å². The molecule has 1 aromatic carbocycles. The summed E-state index contributed by atoms with van der Waals surface area (Å²) in [6, 6.07) is 2.81. The van der Waals surface area contributed by atoms with E-state index in [0.29, 0.717) is 17.2 Å². The molecule has 0 spiro atoms. The van der Waals surface area contributed by atoms with Crippen LogP contribution < -0.4 is 14.8 Å². The van der Waals surface area contributed by atoms with E-state index in [0.717, 1.165) is 25.7 Å². The van der Waals surface area contributed by atoms with Crippen LogP contribution in [0.2, 0.25) is 10.0 Å². The van der Waals surface area contributed by atoms with E-state index in [-0.39, 0.29) is 26.7 Å². The van der Waals surface area contributed by atoms with Gasteiger partial charge in [-0.15, -0.1) is 0 Å². The van der Waals surface area contributed by atoms with Crippen molar-refractivity contribution in [3.8, 4) is 11.5 Å². The molecule has 3 rings (SSSR count). The van der Waals surface area contributed by atoms with E-state index < -0.39 is 5.82 Å². The first-order valence-corrected chi connectivity index (χ1v) is 9.30. The molecule has 4 nitrogen and oxygen atoms in total. The number of thiocarbonyl (C=S) groups is 1. The number of nitrogens with one attached hydrogen (secondary N) is 1. The fraction of sp³-hybridized carbons (Fsp3) is 0.333. The molecule has 1 heterocycles. The van der Waals surface area contributed by atoms with E-state index in [1.54, 1.807) is 6.07 Å². The zero-order chi connectivity index (χ0) is 18.7. The van der Waals surface area contributed by atoms with Crippen molar-refractivity contribution in [3.63, 3.8) is 0 Å². The van der Waals surface area contributed by atoms with Crippen LogP contribution in [0.15, 0.2) is 24.5 Å². The third-order valence-corrected chi connectivity index (χ3v) is 5.08. The Bertz CT molecular complexity index is 809. The van der Waals surface area contributed by atoms with E-state index in [2.05, 4.69) is 10.3 Å². The third-order valence-electron chi connectivity index (χ3n) is 4.19. The minimum atomic E-state index is -0.528. The van der Waals surface area contributed by atoms with Gasteiger partial charge in [-0.05, 0) is 31.7 Å². The van der Waals surface area contributed by atoms with Crippen LogP contribution in [0.5, 0.6) is 11.5 Å². The molecule has 1 N–H and O–H groups in total. The Hall–Kier alpha value is -1.63. The molecule has 0 unspecified atom stereocenters. The highest BCUT2D eigenvalue weighted by molar-refractivity contribution is 7.81.